The Morgan fingerprint density at radius 2 is 1.68 bits per heavy atom. The second-order valence-corrected chi connectivity index (χ2v) is 8.66. The summed E-state index contributed by atoms with van der Waals surface area (Å²) in [6.07, 6.45) is -0.281. The summed E-state index contributed by atoms with van der Waals surface area (Å²) in [6.45, 7) is 0. The smallest absolute Gasteiger partial charge is 0.296 e. The number of nitrogens with two attached hydrogens (primary N) is 1. The number of benzene rings is 2. The van der Waals surface area contributed by atoms with Gasteiger partial charge in [0, 0.05) is 12.1 Å². The molecule has 10 heteroatoms. The SMILES string of the molecule is Nc1cc(NC(=O)CCS(=O)(=O)c2ccccc2)ccc1S(=O)(=O)O. The molecule has 0 heterocycles. The van der Waals surface area contributed by atoms with E-state index in [-0.39, 0.29) is 28.4 Å². The lowest BCUT2D eigenvalue weighted by Gasteiger charge is -2.08. The van der Waals surface area contributed by atoms with Crippen molar-refractivity contribution in [3.8, 4) is 0 Å². The van der Waals surface area contributed by atoms with Crippen molar-refractivity contribution >= 4 is 37.2 Å². The van der Waals surface area contributed by atoms with Crippen molar-refractivity contribution in [1.82, 2.24) is 0 Å². The molecule has 0 radical (unpaired) electrons. The van der Waals surface area contributed by atoms with Gasteiger partial charge in [0.25, 0.3) is 10.1 Å². The monoisotopic (exact) mass is 384 g/mol. The van der Waals surface area contributed by atoms with Crippen LogP contribution in [-0.4, -0.2) is 33.0 Å². The Kier molecular flexibility index (Phi) is 5.45. The van der Waals surface area contributed by atoms with Crippen LogP contribution in [0.25, 0.3) is 0 Å². The highest BCUT2D eigenvalue weighted by Gasteiger charge is 2.17. The van der Waals surface area contributed by atoms with Crippen LogP contribution < -0.4 is 11.1 Å². The van der Waals surface area contributed by atoms with Crippen LogP contribution in [0.15, 0.2) is 58.3 Å². The maximum absolute atomic E-state index is 12.1. The minimum absolute atomic E-state index is 0.129. The number of nitrogens with one attached hydrogen (secondary N) is 1. The van der Waals surface area contributed by atoms with Crippen LogP contribution in [0.1, 0.15) is 6.42 Å². The van der Waals surface area contributed by atoms with Crippen LogP contribution >= 0.6 is 0 Å². The molecule has 8 nitrogen and oxygen atoms in total. The van der Waals surface area contributed by atoms with Gasteiger partial charge >= 0.3 is 0 Å². The van der Waals surface area contributed by atoms with Gasteiger partial charge in [-0.2, -0.15) is 8.42 Å². The largest absolute Gasteiger partial charge is 0.398 e. The van der Waals surface area contributed by atoms with Crippen molar-refractivity contribution in [2.24, 2.45) is 0 Å². The number of anilines is 2. The second-order valence-electron chi connectivity index (χ2n) is 5.16. The lowest BCUT2D eigenvalue weighted by molar-refractivity contribution is -0.115. The van der Waals surface area contributed by atoms with Gasteiger partial charge in [0.15, 0.2) is 9.84 Å². The molecule has 0 aromatic heterocycles. The molecule has 0 unspecified atom stereocenters. The number of hydrogen-bond acceptors (Lipinski definition) is 6. The molecule has 0 saturated heterocycles. The van der Waals surface area contributed by atoms with Crippen LogP contribution in [0.2, 0.25) is 0 Å². The van der Waals surface area contributed by atoms with Crippen LogP contribution in [-0.2, 0) is 24.7 Å². The molecule has 2 aromatic carbocycles. The van der Waals surface area contributed by atoms with Gasteiger partial charge in [-0.15, -0.1) is 0 Å². The van der Waals surface area contributed by atoms with Gasteiger partial charge in [-0.3, -0.25) is 9.35 Å². The van der Waals surface area contributed by atoms with Gasteiger partial charge in [0.05, 0.1) is 16.3 Å². The van der Waals surface area contributed by atoms with Crippen molar-refractivity contribution in [3.05, 3.63) is 48.5 Å². The van der Waals surface area contributed by atoms with Crippen molar-refractivity contribution in [3.63, 3.8) is 0 Å². The highest BCUT2D eigenvalue weighted by molar-refractivity contribution is 7.91. The van der Waals surface area contributed by atoms with Crippen molar-refractivity contribution in [2.45, 2.75) is 16.2 Å². The normalized spacial score (nSPS) is 11.9. The lowest BCUT2D eigenvalue weighted by Crippen LogP contribution is -2.17. The molecule has 0 aliphatic carbocycles. The molecule has 0 aliphatic rings. The van der Waals surface area contributed by atoms with E-state index in [1.807, 2.05) is 0 Å². The van der Waals surface area contributed by atoms with E-state index in [1.54, 1.807) is 18.2 Å². The molecule has 0 atom stereocenters. The zero-order valence-corrected chi connectivity index (χ0v) is 14.5. The Morgan fingerprint density at radius 3 is 2.24 bits per heavy atom. The Balaban J connectivity index is 2.03. The molecule has 1 amide bonds. The third-order valence-corrected chi connectivity index (χ3v) is 5.93. The number of carbonyl (C=O) groups excluding carboxylic acids is 1. The quantitative estimate of drug-likeness (QED) is 0.503. The third kappa shape index (κ3) is 5.02. The van der Waals surface area contributed by atoms with Crippen molar-refractivity contribution in [1.29, 1.82) is 0 Å². The van der Waals surface area contributed by atoms with Crippen LogP contribution in [0.5, 0.6) is 0 Å². The van der Waals surface area contributed by atoms with Gasteiger partial charge in [-0.25, -0.2) is 8.42 Å². The molecule has 4 N–H and O–H groups in total. The van der Waals surface area contributed by atoms with Gasteiger partial charge in [-0.05, 0) is 30.3 Å². The molecule has 0 fully saturated rings. The predicted octanol–water partition coefficient (Wildman–Crippen LogP) is 1.32. The molecule has 2 rings (SSSR count). The average Bonchev–Trinajstić information content (AvgIpc) is 2.53. The van der Waals surface area contributed by atoms with Crippen LogP contribution in [0.4, 0.5) is 11.4 Å². The van der Waals surface area contributed by atoms with Crippen LogP contribution in [0, 0.1) is 0 Å². The van der Waals surface area contributed by atoms with Gasteiger partial charge in [-0.1, -0.05) is 18.2 Å². The maximum Gasteiger partial charge on any atom is 0.296 e. The number of hydrogen-bond donors (Lipinski definition) is 3. The molecule has 134 valence electrons. The Morgan fingerprint density at radius 1 is 1.04 bits per heavy atom. The minimum Gasteiger partial charge on any atom is -0.398 e. The van der Waals surface area contributed by atoms with E-state index in [1.165, 1.54) is 18.2 Å². The average molecular weight is 384 g/mol. The Labute approximate surface area is 145 Å². The van der Waals surface area contributed by atoms with Crippen molar-refractivity contribution in [2.75, 3.05) is 16.8 Å². The van der Waals surface area contributed by atoms with E-state index in [2.05, 4.69) is 5.32 Å². The van der Waals surface area contributed by atoms with E-state index < -0.39 is 30.8 Å². The highest BCUT2D eigenvalue weighted by atomic mass is 32.2. The first-order valence-electron chi connectivity index (χ1n) is 7.04. The second kappa shape index (κ2) is 7.21. The van der Waals surface area contributed by atoms with E-state index in [4.69, 9.17) is 10.3 Å². The van der Waals surface area contributed by atoms with E-state index in [0.717, 1.165) is 12.1 Å². The number of nitrogen functional groups attached to an aromatic ring is 1. The van der Waals surface area contributed by atoms with Gasteiger partial charge < -0.3 is 11.1 Å². The Bertz CT molecular complexity index is 986. The molecule has 0 bridgehead atoms. The highest BCUT2D eigenvalue weighted by Crippen LogP contribution is 2.22. The molecule has 0 saturated carbocycles. The maximum atomic E-state index is 12.1. The molecular weight excluding hydrogens is 368 g/mol. The summed E-state index contributed by atoms with van der Waals surface area (Å²) in [7, 11) is -8.04. The van der Waals surface area contributed by atoms with Crippen LogP contribution in [0.3, 0.4) is 0 Å². The zero-order chi connectivity index (χ0) is 18.7. The molecule has 25 heavy (non-hydrogen) atoms. The minimum atomic E-state index is -4.46. The lowest BCUT2D eigenvalue weighted by atomic mass is 10.2. The summed E-state index contributed by atoms with van der Waals surface area (Å²) >= 11 is 0. The Hall–Kier alpha value is -2.43. The zero-order valence-electron chi connectivity index (χ0n) is 12.9. The third-order valence-electron chi connectivity index (χ3n) is 3.27. The number of sulfone groups is 1. The molecular formula is C15H16N2O6S2. The summed E-state index contributed by atoms with van der Waals surface area (Å²) in [5, 5.41) is 2.43. The first kappa shape index (κ1) is 18.9. The summed E-state index contributed by atoms with van der Waals surface area (Å²) in [5.74, 6) is -0.944. The predicted molar refractivity (Wildman–Crippen MR) is 92.4 cm³/mol. The fourth-order valence-electron chi connectivity index (χ4n) is 2.06. The molecule has 0 spiro atoms. The van der Waals surface area contributed by atoms with Crippen molar-refractivity contribution < 1.29 is 26.2 Å². The summed E-state index contributed by atoms with van der Waals surface area (Å²) in [4.78, 5) is 11.6. The fraction of sp³-hybridized carbons (Fsp3) is 0.133. The molecule has 2 aromatic rings. The van der Waals surface area contributed by atoms with E-state index >= 15 is 0 Å². The first-order valence-corrected chi connectivity index (χ1v) is 10.1. The fourth-order valence-corrected chi connectivity index (χ4v) is 3.92. The summed E-state index contributed by atoms with van der Waals surface area (Å²) in [6, 6.07) is 11.2. The van der Waals surface area contributed by atoms with Gasteiger partial charge in [0.2, 0.25) is 5.91 Å². The standard InChI is InChI=1S/C15H16N2O6S2/c16-13-10-11(6-7-14(13)25(21,22)23)17-15(18)8-9-24(19,20)12-4-2-1-3-5-12/h1-7,10H,8-9,16H2,(H,17,18)(H,21,22,23). The number of rotatable bonds is 6. The first-order chi connectivity index (χ1) is 11.6. The topological polar surface area (TPSA) is 144 Å². The van der Waals surface area contributed by atoms with Gasteiger partial charge in [0.1, 0.15) is 4.90 Å². The summed E-state index contributed by atoms with van der Waals surface area (Å²) < 4.78 is 55.3. The number of carbonyl (C=O) groups is 1. The molecule has 0 aliphatic heterocycles. The summed E-state index contributed by atoms with van der Waals surface area (Å²) in [5.41, 5.74) is 5.46. The van der Waals surface area contributed by atoms with E-state index in [0.29, 0.717) is 0 Å². The number of amides is 1. The van der Waals surface area contributed by atoms with E-state index in [9.17, 15) is 21.6 Å².